The molecule has 2 aliphatic carbocycles. The SMILES string of the molecule is C[C@H](CCC[C@@]1(C)O[C@H](c2ccccc2)OC1=O)[C@H]1CCC2C(OCc3ccccc3)CCC[C@]21C. The van der Waals surface area contributed by atoms with Crippen LogP contribution in [0.4, 0.5) is 0 Å². The molecule has 3 aliphatic rings. The number of fused-ring (bicyclic) bond motifs is 1. The van der Waals surface area contributed by atoms with E-state index in [2.05, 4.69) is 44.2 Å². The molecule has 36 heavy (non-hydrogen) atoms. The molecule has 1 saturated heterocycles. The first-order chi connectivity index (χ1) is 17.4. The lowest BCUT2D eigenvalue weighted by atomic mass is 9.61. The van der Waals surface area contributed by atoms with Crippen LogP contribution in [-0.2, 0) is 25.6 Å². The Hall–Kier alpha value is -2.17. The average molecular weight is 491 g/mol. The maximum Gasteiger partial charge on any atom is 0.340 e. The van der Waals surface area contributed by atoms with Gasteiger partial charge in [-0.3, -0.25) is 0 Å². The number of carbonyl (C=O) groups is 1. The fourth-order valence-corrected chi connectivity index (χ4v) is 7.47. The summed E-state index contributed by atoms with van der Waals surface area (Å²) in [6.07, 6.45) is 8.89. The summed E-state index contributed by atoms with van der Waals surface area (Å²) in [5.41, 5.74) is 1.66. The zero-order chi connectivity index (χ0) is 25.2. The Morgan fingerprint density at radius 2 is 1.72 bits per heavy atom. The molecule has 0 amide bonds. The van der Waals surface area contributed by atoms with Crippen LogP contribution >= 0.6 is 0 Å². The first-order valence-electron chi connectivity index (χ1n) is 14.0. The van der Waals surface area contributed by atoms with Crippen LogP contribution in [0.15, 0.2) is 60.7 Å². The van der Waals surface area contributed by atoms with Crippen LogP contribution in [0.25, 0.3) is 0 Å². The number of esters is 1. The lowest BCUT2D eigenvalue weighted by Gasteiger charge is -2.46. The van der Waals surface area contributed by atoms with Gasteiger partial charge < -0.3 is 14.2 Å². The summed E-state index contributed by atoms with van der Waals surface area (Å²) in [5, 5.41) is 0. The van der Waals surface area contributed by atoms with Crippen molar-refractivity contribution in [1.29, 1.82) is 0 Å². The molecule has 2 unspecified atom stereocenters. The Labute approximate surface area is 216 Å². The fourth-order valence-electron chi connectivity index (χ4n) is 7.47. The van der Waals surface area contributed by atoms with Gasteiger partial charge in [0.2, 0.25) is 6.29 Å². The monoisotopic (exact) mass is 490 g/mol. The number of cyclic esters (lactones) is 1. The Bertz CT molecular complexity index is 1010. The highest BCUT2D eigenvalue weighted by molar-refractivity contribution is 5.80. The third kappa shape index (κ3) is 5.13. The van der Waals surface area contributed by atoms with E-state index >= 15 is 0 Å². The van der Waals surface area contributed by atoms with E-state index in [1.807, 2.05) is 37.3 Å². The van der Waals surface area contributed by atoms with Crippen LogP contribution in [0.5, 0.6) is 0 Å². The average Bonchev–Trinajstić information content (AvgIpc) is 3.40. The van der Waals surface area contributed by atoms with E-state index < -0.39 is 11.9 Å². The summed E-state index contributed by atoms with van der Waals surface area (Å²) in [5.74, 6) is 1.76. The summed E-state index contributed by atoms with van der Waals surface area (Å²) in [6, 6.07) is 20.3. The molecule has 4 heteroatoms. The van der Waals surface area contributed by atoms with Crippen molar-refractivity contribution in [3.05, 3.63) is 71.8 Å². The zero-order valence-electron chi connectivity index (χ0n) is 22.2. The third-order valence-corrected chi connectivity index (χ3v) is 9.53. The molecule has 5 rings (SSSR count). The van der Waals surface area contributed by atoms with Gasteiger partial charge in [0, 0.05) is 5.56 Å². The molecule has 2 aromatic carbocycles. The van der Waals surface area contributed by atoms with Crippen LogP contribution in [-0.4, -0.2) is 17.7 Å². The summed E-state index contributed by atoms with van der Waals surface area (Å²) in [7, 11) is 0. The lowest BCUT2D eigenvalue weighted by molar-refractivity contribution is -0.145. The summed E-state index contributed by atoms with van der Waals surface area (Å²) < 4.78 is 18.3. The van der Waals surface area contributed by atoms with Crippen molar-refractivity contribution < 1.29 is 19.0 Å². The Morgan fingerprint density at radius 3 is 2.47 bits per heavy atom. The van der Waals surface area contributed by atoms with E-state index in [9.17, 15) is 4.79 Å². The summed E-state index contributed by atoms with van der Waals surface area (Å²) in [4.78, 5) is 12.7. The topological polar surface area (TPSA) is 44.8 Å². The molecule has 0 spiro atoms. The van der Waals surface area contributed by atoms with Crippen molar-refractivity contribution in [3.63, 3.8) is 0 Å². The fraction of sp³-hybridized carbons (Fsp3) is 0.594. The van der Waals surface area contributed by atoms with Gasteiger partial charge >= 0.3 is 5.97 Å². The van der Waals surface area contributed by atoms with Gasteiger partial charge in [-0.15, -0.1) is 0 Å². The molecule has 0 aromatic heterocycles. The van der Waals surface area contributed by atoms with E-state index in [-0.39, 0.29) is 5.97 Å². The summed E-state index contributed by atoms with van der Waals surface area (Å²) >= 11 is 0. The van der Waals surface area contributed by atoms with Crippen molar-refractivity contribution in [2.45, 2.75) is 96.7 Å². The van der Waals surface area contributed by atoms with Gasteiger partial charge in [-0.05, 0) is 74.2 Å². The first-order valence-corrected chi connectivity index (χ1v) is 14.0. The van der Waals surface area contributed by atoms with Crippen LogP contribution < -0.4 is 0 Å². The maximum absolute atomic E-state index is 12.7. The second-order valence-corrected chi connectivity index (χ2v) is 11.9. The molecule has 0 radical (unpaired) electrons. The Balaban J connectivity index is 1.14. The second kappa shape index (κ2) is 10.7. The molecule has 0 N–H and O–H groups in total. The normalized spacial score (nSPS) is 34.8. The molecule has 4 nitrogen and oxygen atoms in total. The molecular weight excluding hydrogens is 448 g/mol. The van der Waals surface area contributed by atoms with Gasteiger partial charge in [0.05, 0.1) is 12.7 Å². The van der Waals surface area contributed by atoms with Crippen molar-refractivity contribution in [2.24, 2.45) is 23.2 Å². The van der Waals surface area contributed by atoms with Crippen molar-refractivity contribution in [3.8, 4) is 0 Å². The van der Waals surface area contributed by atoms with Crippen molar-refractivity contribution in [1.82, 2.24) is 0 Å². The molecule has 3 fully saturated rings. The molecule has 2 saturated carbocycles. The van der Waals surface area contributed by atoms with E-state index in [1.165, 1.54) is 37.7 Å². The Kier molecular flexibility index (Phi) is 7.55. The van der Waals surface area contributed by atoms with Crippen LogP contribution in [0.1, 0.15) is 89.6 Å². The second-order valence-electron chi connectivity index (χ2n) is 11.9. The summed E-state index contributed by atoms with van der Waals surface area (Å²) in [6.45, 7) is 7.57. The van der Waals surface area contributed by atoms with Gasteiger partial charge in [-0.2, -0.15) is 0 Å². The number of benzene rings is 2. The minimum Gasteiger partial charge on any atom is -0.429 e. The minimum atomic E-state index is -0.858. The molecule has 1 aliphatic heterocycles. The number of rotatable bonds is 9. The van der Waals surface area contributed by atoms with Gasteiger partial charge in [-0.1, -0.05) is 87.4 Å². The highest BCUT2D eigenvalue weighted by Crippen LogP contribution is 2.59. The highest BCUT2D eigenvalue weighted by Gasteiger charge is 2.53. The van der Waals surface area contributed by atoms with Gasteiger partial charge in [0.25, 0.3) is 0 Å². The van der Waals surface area contributed by atoms with E-state index in [0.29, 0.717) is 35.7 Å². The first kappa shape index (κ1) is 25.5. The van der Waals surface area contributed by atoms with Crippen LogP contribution in [0.2, 0.25) is 0 Å². The van der Waals surface area contributed by atoms with Gasteiger partial charge in [-0.25, -0.2) is 4.79 Å². The van der Waals surface area contributed by atoms with Gasteiger partial charge in [0.1, 0.15) is 0 Å². The smallest absolute Gasteiger partial charge is 0.340 e. The van der Waals surface area contributed by atoms with E-state index in [4.69, 9.17) is 14.2 Å². The zero-order valence-corrected chi connectivity index (χ0v) is 22.2. The molecule has 2 aromatic rings. The Morgan fingerprint density at radius 1 is 1.00 bits per heavy atom. The van der Waals surface area contributed by atoms with Crippen LogP contribution in [0, 0.1) is 23.2 Å². The largest absolute Gasteiger partial charge is 0.429 e. The molecule has 0 bridgehead atoms. The van der Waals surface area contributed by atoms with Crippen LogP contribution in [0.3, 0.4) is 0 Å². The standard InChI is InChI=1S/C32H42O4/c1-23(12-10-21-32(3)30(33)35-29(36-32)25-15-8-5-9-16-25)26-18-19-27-28(17-11-20-31(26,27)2)34-22-24-13-6-4-7-14-24/h4-9,13-16,23,26-29H,10-12,17-22H2,1-3H3/t23-,26-,27?,28?,29-,31+,32-/m1/s1. The van der Waals surface area contributed by atoms with Gasteiger partial charge in [0.15, 0.2) is 5.60 Å². The molecule has 7 atom stereocenters. The number of carbonyl (C=O) groups excluding carboxylic acids is 1. The van der Waals surface area contributed by atoms with Crippen molar-refractivity contribution in [2.75, 3.05) is 0 Å². The molecular formula is C32H42O4. The highest BCUT2D eigenvalue weighted by atomic mass is 16.8. The predicted octanol–water partition coefficient (Wildman–Crippen LogP) is 7.63. The van der Waals surface area contributed by atoms with E-state index in [0.717, 1.165) is 25.0 Å². The number of hydrogen-bond donors (Lipinski definition) is 0. The van der Waals surface area contributed by atoms with Crippen molar-refractivity contribution >= 4 is 5.97 Å². The maximum atomic E-state index is 12.7. The molecule has 1 heterocycles. The third-order valence-electron chi connectivity index (χ3n) is 9.53. The molecule has 194 valence electrons. The lowest BCUT2D eigenvalue weighted by Crippen LogP contribution is -2.42. The van der Waals surface area contributed by atoms with E-state index in [1.54, 1.807) is 0 Å². The predicted molar refractivity (Wildman–Crippen MR) is 141 cm³/mol. The number of hydrogen-bond acceptors (Lipinski definition) is 4. The number of ether oxygens (including phenoxy) is 3. The quantitative estimate of drug-likeness (QED) is 0.339. The minimum absolute atomic E-state index is 0.234.